The molecule has 1 N–H and O–H groups in total. The van der Waals surface area contributed by atoms with Crippen molar-refractivity contribution < 1.29 is 8.42 Å². The third kappa shape index (κ3) is 3.20. The van der Waals surface area contributed by atoms with Crippen LogP contribution in [0.15, 0.2) is 33.9 Å². The number of benzene rings is 1. The maximum absolute atomic E-state index is 12.1. The number of nitrogens with one attached hydrogen (secondary N) is 1. The maximum Gasteiger partial charge on any atom is 0.260 e. The molecule has 6 nitrogen and oxygen atoms in total. The van der Waals surface area contributed by atoms with Gasteiger partial charge in [0.15, 0.2) is 4.60 Å². The highest BCUT2D eigenvalue weighted by atomic mass is 79.9. The molecule has 0 radical (unpaired) electrons. The van der Waals surface area contributed by atoms with Crippen LogP contribution in [0, 0.1) is 6.92 Å². The zero-order valence-corrected chi connectivity index (χ0v) is 12.9. The lowest BCUT2D eigenvalue weighted by Crippen LogP contribution is -2.25. The first kappa shape index (κ1) is 14.2. The third-order valence-electron chi connectivity index (χ3n) is 2.58. The van der Waals surface area contributed by atoms with Crippen LogP contribution in [0.2, 0.25) is 0 Å². The van der Waals surface area contributed by atoms with E-state index in [4.69, 9.17) is 0 Å². The van der Waals surface area contributed by atoms with Gasteiger partial charge in [0, 0.05) is 13.6 Å². The van der Waals surface area contributed by atoms with Gasteiger partial charge in [-0.1, -0.05) is 35.0 Å². The van der Waals surface area contributed by atoms with E-state index < -0.39 is 10.0 Å². The lowest BCUT2D eigenvalue weighted by Gasteiger charge is -2.07. The number of aryl methyl sites for hydroxylation is 2. The molecule has 0 atom stereocenters. The molecule has 1 heterocycles. The Labute approximate surface area is 120 Å². The molecule has 8 heteroatoms. The van der Waals surface area contributed by atoms with E-state index in [9.17, 15) is 8.42 Å². The first-order valence-electron chi connectivity index (χ1n) is 5.50. The van der Waals surface area contributed by atoms with Crippen LogP contribution in [0.5, 0.6) is 0 Å². The molecule has 0 saturated heterocycles. The van der Waals surface area contributed by atoms with Crippen molar-refractivity contribution in [1.82, 2.24) is 19.7 Å². The first-order chi connectivity index (χ1) is 8.90. The van der Waals surface area contributed by atoms with E-state index in [1.807, 2.05) is 31.2 Å². The fraction of sp³-hybridized carbons (Fsp3) is 0.273. The van der Waals surface area contributed by atoms with Crippen LogP contribution in [-0.2, 0) is 23.6 Å². The van der Waals surface area contributed by atoms with Crippen molar-refractivity contribution in [3.63, 3.8) is 0 Å². The molecular formula is C11H13BrN4O2S. The quantitative estimate of drug-likeness (QED) is 0.908. The van der Waals surface area contributed by atoms with Gasteiger partial charge >= 0.3 is 0 Å². The van der Waals surface area contributed by atoms with Crippen LogP contribution in [-0.4, -0.2) is 23.4 Å². The zero-order chi connectivity index (χ0) is 14.0. The smallest absolute Gasteiger partial charge is 0.235 e. The summed E-state index contributed by atoms with van der Waals surface area (Å²) in [5.74, 6) is 0. The summed E-state index contributed by atoms with van der Waals surface area (Å²) in [6, 6.07) is 7.64. The minimum atomic E-state index is -3.65. The van der Waals surface area contributed by atoms with Gasteiger partial charge in [0.25, 0.3) is 10.0 Å². The summed E-state index contributed by atoms with van der Waals surface area (Å²) in [4.78, 5) is 0. The second kappa shape index (κ2) is 5.40. The molecule has 1 aromatic heterocycles. The molecule has 0 spiro atoms. The van der Waals surface area contributed by atoms with Gasteiger partial charge in [-0.3, -0.25) is 0 Å². The summed E-state index contributed by atoms with van der Waals surface area (Å²) in [6.45, 7) is 2.20. The monoisotopic (exact) mass is 344 g/mol. The number of sulfonamides is 1. The molecule has 2 rings (SSSR count). The minimum absolute atomic E-state index is 0.0135. The fourth-order valence-corrected chi connectivity index (χ4v) is 3.67. The topological polar surface area (TPSA) is 76.9 Å². The Bertz CT molecular complexity index is 660. The lowest BCUT2D eigenvalue weighted by molar-refractivity contribution is 0.560. The Hall–Kier alpha value is -1.25. The van der Waals surface area contributed by atoms with Gasteiger partial charge in [-0.25, -0.2) is 17.8 Å². The summed E-state index contributed by atoms with van der Waals surface area (Å²) in [5.41, 5.74) is 2.02. The number of rotatable bonds is 4. The van der Waals surface area contributed by atoms with Crippen molar-refractivity contribution in [2.24, 2.45) is 7.05 Å². The van der Waals surface area contributed by atoms with Crippen molar-refractivity contribution in [3.05, 3.63) is 40.0 Å². The van der Waals surface area contributed by atoms with E-state index >= 15 is 0 Å². The van der Waals surface area contributed by atoms with Crippen molar-refractivity contribution in [3.8, 4) is 0 Å². The average molecular weight is 345 g/mol. The molecular weight excluding hydrogens is 332 g/mol. The zero-order valence-electron chi connectivity index (χ0n) is 10.5. The lowest BCUT2D eigenvalue weighted by atomic mass is 10.2. The summed E-state index contributed by atoms with van der Waals surface area (Å²) in [5, 5.41) is 7.32. The summed E-state index contributed by atoms with van der Waals surface area (Å²) < 4.78 is 28.2. The number of hydrogen-bond donors (Lipinski definition) is 1. The van der Waals surface area contributed by atoms with Gasteiger partial charge in [-0.2, -0.15) is 0 Å². The standard InChI is InChI=1S/C11H13BrN4O2S/c1-8-3-5-9(6-4-8)7-13-19(17,18)11-10(12)14-15-16(11)2/h3-6,13H,7H2,1-2H3. The molecule has 0 aliphatic rings. The molecule has 19 heavy (non-hydrogen) atoms. The van der Waals surface area contributed by atoms with Crippen LogP contribution in [0.3, 0.4) is 0 Å². The molecule has 0 aliphatic heterocycles. The number of nitrogens with zero attached hydrogens (tertiary/aromatic N) is 3. The van der Waals surface area contributed by atoms with Crippen LogP contribution < -0.4 is 4.72 Å². The van der Waals surface area contributed by atoms with E-state index in [0.717, 1.165) is 11.1 Å². The Morgan fingerprint density at radius 3 is 2.47 bits per heavy atom. The normalized spacial score (nSPS) is 11.7. The molecule has 0 aliphatic carbocycles. The van der Waals surface area contributed by atoms with E-state index in [2.05, 4.69) is 31.0 Å². The van der Waals surface area contributed by atoms with E-state index in [1.54, 1.807) is 0 Å². The molecule has 0 amide bonds. The molecule has 0 saturated carbocycles. The van der Waals surface area contributed by atoms with Crippen LogP contribution in [0.4, 0.5) is 0 Å². The molecule has 2 aromatic rings. The van der Waals surface area contributed by atoms with Crippen LogP contribution in [0.1, 0.15) is 11.1 Å². The Balaban J connectivity index is 2.17. The summed E-state index contributed by atoms with van der Waals surface area (Å²) in [7, 11) is -2.12. The second-order valence-electron chi connectivity index (χ2n) is 4.12. The molecule has 0 unspecified atom stereocenters. The van der Waals surface area contributed by atoms with Crippen molar-refractivity contribution >= 4 is 26.0 Å². The summed E-state index contributed by atoms with van der Waals surface area (Å²) >= 11 is 3.08. The predicted octanol–water partition coefficient (Wildman–Crippen LogP) is 1.36. The molecule has 1 aromatic carbocycles. The molecule has 102 valence electrons. The first-order valence-corrected chi connectivity index (χ1v) is 7.78. The number of halogens is 1. The van der Waals surface area contributed by atoms with E-state index in [-0.39, 0.29) is 16.2 Å². The highest BCUT2D eigenvalue weighted by Gasteiger charge is 2.23. The second-order valence-corrected chi connectivity index (χ2v) is 6.55. The van der Waals surface area contributed by atoms with Gasteiger partial charge in [0.2, 0.25) is 5.03 Å². The Kier molecular flexibility index (Phi) is 4.02. The average Bonchev–Trinajstić information content (AvgIpc) is 2.69. The highest BCUT2D eigenvalue weighted by Crippen LogP contribution is 2.17. The Morgan fingerprint density at radius 2 is 1.95 bits per heavy atom. The third-order valence-corrected chi connectivity index (χ3v) is 4.87. The predicted molar refractivity (Wildman–Crippen MR) is 73.9 cm³/mol. The summed E-state index contributed by atoms with van der Waals surface area (Å²) in [6.07, 6.45) is 0. The SMILES string of the molecule is Cc1ccc(CNS(=O)(=O)c2c(Br)nnn2C)cc1. The van der Waals surface area contributed by atoms with Gasteiger partial charge in [0.1, 0.15) is 0 Å². The number of aromatic nitrogens is 3. The largest absolute Gasteiger partial charge is 0.260 e. The fourth-order valence-electron chi connectivity index (χ4n) is 1.56. The number of hydrogen-bond acceptors (Lipinski definition) is 4. The molecule has 0 bridgehead atoms. The van der Waals surface area contributed by atoms with Crippen LogP contribution in [0.25, 0.3) is 0 Å². The Morgan fingerprint density at radius 1 is 1.32 bits per heavy atom. The van der Waals surface area contributed by atoms with Gasteiger partial charge in [-0.05, 0) is 28.4 Å². The van der Waals surface area contributed by atoms with Crippen LogP contribution >= 0.6 is 15.9 Å². The molecule has 0 fully saturated rings. The van der Waals surface area contributed by atoms with Crippen molar-refractivity contribution in [2.75, 3.05) is 0 Å². The van der Waals surface area contributed by atoms with E-state index in [0.29, 0.717) is 0 Å². The maximum atomic E-state index is 12.1. The van der Waals surface area contributed by atoms with Gasteiger partial charge in [0.05, 0.1) is 0 Å². The van der Waals surface area contributed by atoms with Gasteiger partial charge in [-0.15, -0.1) is 5.10 Å². The minimum Gasteiger partial charge on any atom is -0.235 e. The highest BCUT2D eigenvalue weighted by molar-refractivity contribution is 9.10. The van der Waals surface area contributed by atoms with Crippen molar-refractivity contribution in [1.29, 1.82) is 0 Å². The van der Waals surface area contributed by atoms with Gasteiger partial charge < -0.3 is 0 Å². The van der Waals surface area contributed by atoms with Crippen molar-refractivity contribution in [2.45, 2.75) is 18.5 Å². The van der Waals surface area contributed by atoms with E-state index in [1.165, 1.54) is 11.7 Å².